The third kappa shape index (κ3) is 4.86. The maximum Gasteiger partial charge on any atom is 0.338 e. The molecule has 0 unspecified atom stereocenters. The van der Waals surface area contributed by atoms with E-state index in [4.69, 9.17) is 9.26 Å². The number of hydrogen-bond acceptors (Lipinski definition) is 6. The summed E-state index contributed by atoms with van der Waals surface area (Å²) in [5.41, 5.74) is 3.03. The molecular weight excluding hydrogens is 382 g/mol. The average Bonchev–Trinajstić information content (AvgIpc) is 3.13. The van der Waals surface area contributed by atoms with E-state index in [9.17, 15) is 10.1 Å². The summed E-state index contributed by atoms with van der Waals surface area (Å²) in [5, 5.41) is 15.0. The van der Waals surface area contributed by atoms with Crippen molar-refractivity contribution in [1.29, 1.82) is 0 Å². The topological polar surface area (TPSA) is 81.6 Å². The van der Waals surface area contributed by atoms with Crippen LogP contribution in [0.5, 0.6) is 5.75 Å². The molecule has 30 heavy (non-hydrogen) atoms. The van der Waals surface area contributed by atoms with E-state index in [2.05, 4.69) is 23.9 Å². The van der Waals surface area contributed by atoms with Crippen molar-refractivity contribution < 1.29 is 14.2 Å². The van der Waals surface area contributed by atoms with Gasteiger partial charge in [-0.25, -0.2) is 0 Å². The first-order chi connectivity index (χ1) is 14.5. The molecule has 156 valence electrons. The number of aromatic nitrogens is 1. The van der Waals surface area contributed by atoms with Gasteiger partial charge in [0.15, 0.2) is 5.69 Å². The summed E-state index contributed by atoms with van der Waals surface area (Å²) in [4.78, 5) is 13.0. The highest BCUT2D eigenvalue weighted by molar-refractivity contribution is 5.75. The highest BCUT2D eigenvalue weighted by Gasteiger charge is 2.22. The van der Waals surface area contributed by atoms with Crippen LogP contribution in [0, 0.1) is 17.0 Å². The molecule has 0 saturated heterocycles. The van der Waals surface area contributed by atoms with E-state index >= 15 is 0 Å². The highest BCUT2D eigenvalue weighted by atomic mass is 16.6. The lowest BCUT2D eigenvalue weighted by Crippen LogP contribution is -2.21. The smallest absolute Gasteiger partial charge is 0.338 e. The Morgan fingerprint density at radius 2 is 1.87 bits per heavy atom. The van der Waals surface area contributed by atoms with E-state index in [-0.39, 0.29) is 17.1 Å². The van der Waals surface area contributed by atoms with Gasteiger partial charge in [0.25, 0.3) is 0 Å². The molecule has 3 rings (SSSR count). The minimum atomic E-state index is -0.484. The van der Waals surface area contributed by atoms with Crippen molar-refractivity contribution in [3.8, 4) is 5.75 Å². The number of hydrogen-bond donors (Lipinski definition) is 0. The van der Waals surface area contributed by atoms with E-state index < -0.39 is 4.92 Å². The molecule has 0 atom stereocenters. The molecule has 0 bridgehead atoms. The summed E-state index contributed by atoms with van der Waals surface area (Å²) in [6.45, 7) is 7.94. The maximum atomic E-state index is 11.3. The molecule has 0 aliphatic carbocycles. The van der Waals surface area contributed by atoms with Crippen LogP contribution in [0.4, 0.5) is 11.4 Å². The number of rotatable bonds is 9. The third-order valence-electron chi connectivity index (χ3n) is 4.82. The van der Waals surface area contributed by atoms with Crippen molar-refractivity contribution in [2.75, 3.05) is 18.0 Å². The predicted molar refractivity (Wildman–Crippen MR) is 118 cm³/mol. The van der Waals surface area contributed by atoms with Crippen LogP contribution in [0.25, 0.3) is 12.2 Å². The molecule has 0 N–H and O–H groups in total. The molecule has 0 amide bonds. The van der Waals surface area contributed by atoms with Crippen LogP contribution in [0.2, 0.25) is 0 Å². The van der Waals surface area contributed by atoms with Crippen molar-refractivity contribution >= 4 is 23.5 Å². The lowest BCUT2D eigenvalue weighted by molar-refractivity contribution is -0.386. The van der Waals surface area contributed by atoms with Gasteiger partial charge in [0.05, 0.1) is 4.92 Å². The van der Waals surface area contributed by atoms with Crippen molar-refractivity contribution in [2.45, 2.75) is 27.4 Å². The van der Waals surface area contributed by atoms with E-state index in [1.807, 2.05) is 48.5 Å². The van der Waals surface area contributed by atoms with E-state index in [0.29, 0.717) is 12.4 Å². The Morgan fingerprint density at radius 3 is 2.53 bits per heavy atom. The second-order valence-corrected chi connectivity index (χ2v) is 6.74. The fourth-order valence-corrected chi connectivity index (χ4v) is 3.19. The van der Waals surface area contributed by atoms with E-state index in [0.717, 1.165) is 29.9 Å². The number of anilines is 1. The number of nitrogens with zero attached hydrogens (tertiary/aromatic N) is 3. The maximum absolute atomic E-state index is 11.3. The van der Waals surface area contributed by atoms with Gasteiger partial charge in [0.1, 0.15) is 12.4 Å². The SMILES string of the molecule is CCN(CC)c1ccc(C=Cc2onc(C)c2[N+](=O)[O-])c(OCc2ccccc2)c1. The summed E-state index contributed by atoms with van der Waals surface area (Å²) in [6, 6.07) is 15.9. The average molecular weight is 407 g/mol. The van der Waals surface area contributed by atoms with Crippen LogP contribution < -0.4 is 9.64 Å². The summed E-state index contributed by atoms with van der Waals surface area (Å²) >= 11 is 0. The molecule has 1 aromatic heterocycles. The quantitative estimate of drug-likeness (QED) is 0.345. The van der Waals surface area contributed by atoms with Gasteiger partial charge in [-0.15, -0.1) is 0 Å². The molecule has 2 aromatic carbocycles. The molecule has 7 nitrogen and oxygen atoms in total. The zero-order valence-electron chi connectivity index (χ0n) is 17.4. The van der Waals surface area contributed by atoms with Crippen LogP contribution >= 0.6 is 0 Å². The Hall–Kier alpha value is -3.61. The fourth-order valence-electron chi connectivity index (χ4n) is 3.19. The first-order valence-corrected chi connectivity index (χ1v) is 9.88. The largest absolute Gasteiger partial charge is 0.488 e. The van der Waals surface area contributed by atoms with E-state index in [1.165, 1.54) is 0 Å². The molecule has 7 heteroatoms. The van der Waals surface area contributed by atoms with Crippen LogP contribution in [0.1, 0.15) is 36.4 Å². The first kappa shape index (κ1) is 21.1. The van der Waals surface area contributed by atoms with Gasteiger partial charge in [-0.05, 0) is 50.6 Å². The first-order valence-electron chi connectivity index (χ1n) is 9.88. The van der Waals surface area contributed by atoms with Crippen molar-refractivity contribution in [3.05, 3.63) is 81.2 Å². The zero-order chi connectivity index (χ0) is 21.5. The molecule has 1 heterocycles. The van der Waals surface area contributed by atoms with Gasteiger partial charge in [-0.2, -0.15) is 0 Å². The second-order valence-electron chi connectivity index (χ2n) is 6.74. The molecule has 0 radical (unpaired) electrons. The summed E-state index contributed by atoms with van der Waals surface area (Å²) < 4.78 is 11.2. The number of nitro groups is 1. The van der Waals surface area contributed by atoms with Crippen molar-refractivity contribution in [3.63, 3.8) is 0 Å². The normalized spacial score (nSPS) is 11.0. The highest BCUT2D eigenvalue weighted by Crippen LogP contribution is 2.30. The van der Waals surface area contributed by atoms with Gasteiger partial charge in [-0.1, -0.05) is 35.5 Å². The lowest BCUT2D eigenvalue weighted by Gasteiger charge is -2.22. The molecule has 0 aliphatic heterocycles. The van der Waals surface area contributed by atoms with Crippen LogP contribution in [-0.2, 0) is 6.61 Å². The van der Waals surface area contributed by atoms with Gasteiger partial charge < -0.3 is 14.2 Å². The minimum Gasteiger partial charge on any atom is -0.488 e. The van der Waals surface area contributed by atoms with Gasteiger partial charge >= 0.3 is 5.69 Å². The fraction of sp³-hybridized carbons (Fsp3) is 0.261. The van der Waals surface area contributed by atoms with Crippen molar-refractivity contribution in [2.24, 2.45) is 0 Å². The summed E-state index contributed by atoms with van der Waals surface area (Å²) in [7, 11) is 0. The summed E-state index contributed by atoms with van der Waals surface area (Å²) in [6.07, 6.45) is 3.30. The van der Waals surface area contributed by atoms with Crippen LogP contribution in [0.15, 0.2) is 53.1 Å². The Labute approximate surface area is 175 Å². The molecule has 3 aromatic rings. The Kier molecular flexibility index (Phi) is 6.85. The van der Waals surface area contributed by atoms with Gasteiger partial charge in [0.2, 0.25) is 5.76 Å². The Bertz CT molecular complexity index is 1020. The minimum absolute atomic E-state index is 0.110. The molecular formula is C23H25N3O4. The van der Waals surface area contributed by atoms with Crippen LogP contribution in [0.3, 0.4) is 0 Å². The number of aryl methyl sites for hydroxylation is 1. The summed E-state index contributed by atoms with van der Waals surface area (Å²) in [5.74, 6) is 0.803. The third-order valence-corrected chi connectivity index (χ3v) is 4.82. The van der Waals surface area contributed by atoms with Gasteiger partial charge in [-0.3, -0.25) is 10.1 Å². The molecule has 0 saturated carbocycles. The number of benzene rings is 2. The second kappa shape index (κ2) is 9.73. The zero-order valence-corrected chi connectivity index (χ0v) is 17.4. The molecule has 0 aliphatic rings. The monoisotopic (exact) mass is 407 g/mol. The molecule has 0 fully saturated rings. The Balaban J connectivity index is 1.93. The lowest BCUT2D eigenvalue weighted by atomic mass is 10.1. The Morgan fingerprint density at radius 1 is 1.13 bits per heavy atom. The van der Waals surface area contributed by atoms with Crippen molar-refractivity contribution in [1.82, 2.24) is 5.16 Å². The standard InChI is InChI=1S/C23H25N3O4/c1-4-25(5-2)20-13-11-19(12-14-21-23(26(27)28)17(3)24-30-21)22(15-20)29-16-18-9-7-6-8-10-18/h6-15H,4-5,16H2,1-3H3. The molecule has 0 spiro atoms. The predicted octanol–water partition coefficient (Wildman–Crippen LogP) is 5.49. The van der Waals surface area contributed by atoms with Gasteiger partial charge in [0, 0.05) is 30.4 Å². The number of ether oxygens (including phenoxy) is 1. The van der Waals surface area contributed by atoms with E-state index in [1.54, 1.807) is 19.1 Å². The van der Waals surface area contributed by atoms with Crippen LogP contribution in [-0.4, -0.2) is 23.2 Å².